The predicted molar refractivity (Wildman–Crippen MR) is 154 cm³/mol. The molecule has 0 aliphatic heterocycles. The molecule has 0 atom stereocenters. The van der Waals surface area contributed by atoms with E-state index in [2.05, 4.69) is 78.6 Å². The summed E-state index contributed by atoms with van der Waals surface area (Å²) in [5, 5.41) is 9.34. The Kier molecular flexibility index (Phi) is 5.17. The van der Waals surface area contributed by atoms with Crippen LogP contribution in [0.15, 0.2) is 121 Å². The molecule has 0 bridgehead atoms. The molecule has 0 nitrogen and oxygen atoms in total. The number of rotatable bonds is 1. The van der Waals surface area contributed by atoms with Crippen molar-refractivity contribution in [2.45, 2.75) is 0 Å². The molecule has 0 aromatic heterocycles. The van der Waals surface area contributed by atoms with Gasteiger partial charge in [-0.2, -0.15) is 0 Å². The van der Waals surface area contributed by atoms with Gasteiger partial charge >= 0.3 is 0 Å². The molecule has 38 heavy (non-hydrogen) atoms. The monoisotopic (exact) mass is 490 g/mol. The van der Waals surface area contributed by atoms with Crippen LogP contribution in [-0.2, 0) is 0 Å². The molecule has 0 saturated heterocycles. The van der Waals surface area contributed by atoms with Gasteiger partial charge in [0.15, 0.2) is 0 Å². The van der Waals surface area contributed by atoms with E-state index >= 15 is 0 Å². The van der Waals surface area contributed by atoms with Gasteiger partial charge in [0, 0.05) is 11.1 Å². The first-order valence-corrected chi connectivity index (χ1v) is 12.5. The van der Waals surface area contributed by atoms with Crippen molar-refractivity contribution in [3.8, 4) is 23.0 Å². The van der Waals surface area contributed by atoms with Gasteiger partial charge in [-0.3, -0.25) is 0 Å². The molecule has 0 saturated carbocycles. The maximum atomic E-state index is 13.4. The van der Waals surface area contributed by atoms with Gasteiger partial charge in [-0.05, 0) is 145 Å². The lowest BCUT2D eigenvalue weighted by Gasteiger charge is -2.09. The lowest BCUT2D eigenvalue weighted by molar-refractivity contribution is 0.627. The van der Waals surface area contributed by atoms with Crippen LogP contribution in [0.25, 0.3) is 54.2 Å². The molecule has 7 aromatic rings. The normalized spacial score (nSPS) is 11.2. The standard InChI is InChI=1S/C36H20F2/c37-35-11-4-23(5-12-35)1-2-24-3-6-27-17-31-22-34-20-30-16-26(25-9-13-36(38)14-10-25)7-8-28(30)18-32(34)21-33(31)19-29(27)15-24/h3-22H. The van der Waals surface area contributed by atoms with Crippen LogP contribution in [0.2, 0.25) is 0 Å². The molecule has 0 aliphatic carbocycles. The van der Waals surface area contributed by atoms with Gasteiger partial charge in [-0.1, -0.05) is 42.2 Å². The maximum absolute atomic E-state index is 13.4. The lowest BCUT2D eigenvalue weighted by Crippen LogP contribution is -1.83. The molecular formula is C36H20F2. The van der Waals surface area contributed by atoms with Crippen LogP contribution in [0, 0.1) is 23.5 Å². The van der Waals surface area contributed by atoms with Gasteiger partial charge in [-0.15, -0.1) is 0 Å². The van der Waals surface area contributed by atoms with Crippen molar-refractivity contribution in [3.05, 3.63) is 144 Å². The van der Waals surface area contributed by atoms with Crippen molar-refractivity contribution in [1.29, 1.82) is 0 Å². The van der Waals surface area contributed by atoms with E-state index in [1.807, 2.05) is 18.2 Å². The number of fused-ring (bicyclic) bond motifs is 4. The Morgan fingerprint density at radius 2 is 0.711 bits per heavy atom. The number of benzene rings is 7. The second-order valence-electron chi connectivity index (χ2n) is 9.64. The largest absolute Gasteiger partial charge is 0.207 e. The third-order valence-electron chi connectivity index (χ3n) is 7.08. The molecule has 0 radical (unpaired) electrons. The van der Waals surface area contributed by atoms with Gasteiger partial charge in [-0.25, -0.2) is 8.78 Å². The Morgan fingerprint density at radius 1 is 0.316 bits per heavy atom. The van der Waals surface area contributed by atoms with E-state index in [1.165, 1.54) is 51.2 Å². The highest BCUT2D eigenvalue weighted by atomic mass is 19.1. The summed E-state index contributed by atoms with van der Waals surface area (Å²) in [4.78, 5) is 0. The first-order chi connectivity index (χ1) is 18.6. The van der Waals surface area contributed by atoms with Crippen LogP contribution in [0.3, 0.4) is 0 Å². The minimum absolute atomic E-state index is 0.228. The van der Waals surface area contributed by atoms with E-state index in [-0.39, 0.29) is 11.6 Å². The van der Waals surface area contributed by atoms with Crippen LogP contribution >= 0.6 is 0 Å². The van der Waals surface area contributed by atoms with E-state index in [1.54, 1.807) is 12.1 Å². The summed E-state index contributed by atoms with van der Waals surface area (Å²) in [7, 11) is 0. The SMILES string of the molecule is Fc1ccc(C#Cc2ccc3cc4cc5cc6cc(-c7ccc(F)cc7)ccc6cc5cc4cc3c2)cc1. The summed E-state index contributed by atoms with van der Waals surface area (Å²) in [6, 6.07) is 38.9. The van der Waals surface area contributed by atoms with Crippen LogP contribution in [0.4, 0.5) is 8.78 Å². The molecule has 0 unspecified atom stereocenters. The topological polar surface area (TPSA) is 0 Å². The molecule has 0 spiro atoms. The first-order valence-electron chi connectivity index (χ1n) is 12.5. The number of halogens is 2. The van der Waals surface area contributed by atoms with Crippen molar-refractivity contribution < 1.29 is 8.78 Å². The van der Waals surface area contributed by atoms with E-state index in [0.29, 0.717) is 0 Å². The summed E-state index contributed by atoms with van der Waals surface area (Å²) in [6.45, 7) is 0. The Labute approximate surface area is 218 Å². The number of hydrogen-bond donors (Lipinski definition) is 0. The fraction of sp³-hybridized carbons (Fsp3) is 0. The van der Waals surface area contributed by atoms with Gasteiger partial charge < -0.3 is 0 Å². The smallest absolute Gasteiger partial charge is 0.123 e. The zero-order valence-electron chi connectivity index (χ0n) is 20.3. The van der Waals surface area contributed by atoms with Crippen molar-refractivity contribution in [3.63, 3.8) is 0 Å². The van der Waals surface area contributed by atoms with Gasteiger partial charge in [0.2, 0.25) is 0 Å². The van der Waals surface area contributed by atoms with Crippen LogP contribution in [0.1, 0.15) is 11.1 Å². The molecule has 0 heterocycles. The van der Waals surface area contributed by atoms with E-state index in [9.17, 15) is 8.78 Å². The fourth-order valence-corrected chi connectivity index (χ4v) is 5.08. The summed E-state index contributed by atoms with van der Waals surface area (Å²) < 4.78 is 26.5. The average molecular weight is 491 g/mol. The zero-order chi connectivity index (χ0) is 25.6. The van der Waals surface area contributed by atoms with Crippen molar-refractivity contribution in [2.24, 2.45) is 0 Å². The van der Waals surface area contributed by atoms with Gasteiger partial charge in [0.1, 0.15) is 11.6 Å². The lowest BCUT2D eigenvalue weighted by atomic mass is 9.95. The second-order valence-corrected chi connectivity index (χ2v) is 9.64. The molecule has 0 fully saturated rings. The summed E-state index contributed by atoms with van der Waals surface area (Å²) in [5.74, 6) is 5.82. The minimum atomic E-state index is -0.261. The first kappa shape index (κ1) is 22.2. The van der Waals surface area contributed by atoms with E-state index < -0.39 is 0 Å². The summed E-state index contributed by atoms with van der Waals surface area (Å²) in [5.41, 5.74) is 3.78. The van der Waals surface area contributed by atoms with E-state index in [4.69, 9.17) is 0 Å². The van der Waals surface area contributed by atoms with Gasteiger partial charge in [0.05, 0.1) is 0 Å². The highest BCUT2D eigenvalue weighted by molar-refractivity contribution is 6.08. The average Bonchev–Trinajstić information content (AvgIpc) is 2.93. The third-order valence-corrected chi connectivity index (χ3v) is 7.08. The minimum Gasteiger partial charge on any atom is -0.207 e. The maximum Gasteiger partial charge on any atom is 0.123 e. The quantitative estimate of drug-likeness (QED) is 0.159. The van der Waals surface area contributed by atoms with Crippen LogP contribution in [-0.4, -0.2) is 0 Å². The number of hydrogen-bond acceptors (Lipinski definition) is 0. The molecule has 178 valence electrons. The summed E-state index contributed by atoms with van der Waals surface area (Å²) in [6.07, 6.45) is 0. The zero-order valence-corrected chi connectivity index (χ0v) is 20.3. The Hall–Kier alpha value is -5.00. The predicted octanol–water partition coefficient (Wildman–Crippen LogP) is 9.64. The van der Waals surface area contributed by atoms with Crippen molar-refractivity contribution in [2.75, 3.05) is 0 Å². The molecule has 0 amide bonds. The fourth-order valence-electron chi connectivity index (χ4n) is 5.08. The molecular weight excluding hydrogens is 470 g/mol. The Morgan fingerprint density at radius 3 is 1.32 bits per heavy atom. The third kappa shape index (κ3) is 4.15. The van der Waals surface area contributed by atoms with Crippen molar-refractivity contribution >= 4 is 43.1 Å². The molecule has 0 N–H and O–H groups in total. The molecule has 2 heteroatoms. The molecule has 0 aliphatic rings. The van der Waals surface area contributed by atoms with Gasteiger partial charge in [0.25, 0.3) is 0 Å². The molecule has 7 rings (SSSR count). The van der Waals surface area contributed by atoms with Crippen molar-refractivity contribution in [1.82, 2.24) is 0 Å². The highest BCUT2D eigenvalue weighted by Crippen LogP contribution is 2.32. The van der Waals surface area contributed by atoms with Crippen LogP contribution < -0.4 is 0 Å². The van der Waals surface area contributed by atoms with Crippen LogP contribution in [0.5, 0.6) is 0 Å². The second kappa shape index (κ2) is 8.83. The molecule has 7 aromatic carbocycles. The Bertz CT molecular complexity index is 2070. The highest BCUT2D eigenvalue weighted by Gasteiger charge is 2.06. The Balaban J connectivity index is 1.30. The van der Waals surface area contributed by atoms with E-state index in [0.717, 1.165) is 38.4 Å². The summed E-state index contributed by atoms with van der Waals surface area (Å²) >= 11 is 0.